The third kappa shape index (κ3) is 2.32. The van der Waals surface area contributed by atoms with Crippen LogP contribution in [0.3, 0.4) is 0 Å². The van der Waals surface area contributed by atoms with Gasteiger partial charge in [-0.05, 0) is 31.5 Å². The predicted molar refractivity (Wildman–Crippen MR) is 65.0 cm³/mol. The highest BCUT2D eigenvalue weighted by molar-refractivity contribution is 5.48. The van der Waals surface area contributed by atoms with Crippen LogP contribution in [0.4, 0.5) is 13.2 Å². The number of alkyl halides is 3. The van der Waals surface area contributed by atoms with Crippen LogP contribution in [0.25, 0.3) is 5.52 Å². The van der Waals surface area contributed by atoms with Crippen molar-refractivity contribution in [3.05, 3.63) is 35.9 Å². The molecule has 102 valence electrons. The number of hydrogen-bond donors (Lipinski definition) is 1. The molecule has 0 aromatic carbocycles. The van der Waals surface area contributed by atoms with Crippen LogP contribution in [0.5, 0.6) is 0 Å². The lowest BCUT2D eigenvalue weighted by molar-refractivity contribution is -0.137. The van der Waals surface area contributed by atoms with Gasteiger partial charge < -0.3 is 9.72 Å². The van der Waals surface area contributed by atoms with Crippen molar-refractivity contribution in [2.45, 2.75) is 24.9 Å². The summed E-state index contributed by atoms with van der Waals surface area (Å²) >= 11 is 0. The molecule has 0 aliphatic carbocycles. The molecule has 6 heteroatoms. The maximum Gasteiger partial charge on any atom is 0.417 e. The van der Waals surface area contributed by atoms with E-state index >= 15 is 0 Å². The van der Waals surface area contributed by atoms with Crippen molar-refractivity contribution in [3.63, 3.8) is 0 Å². The minimum absolute atomic E-state index is 0.180. The number of hydrogen-bond acceptors (Lipinski definition) is 2. The first kappa shape index (κ1) is 12.5. The summed E-state index contributed by atoms with van der Waals surface area (Å²) in [7, 11) is 0. The molecule has 1 aliphatic rings. The number of nitrogens with one attached hydrogen (secondary N) is 1. The van der Waals surface area contributed by atoms with E-state index in [1.165, 1.54) is 6.07 Å². The third-order valence-corrected chi connectivity index (χ3v) is 3.55. The van der Waals surface area contributed by atoms with Crippen LogP contribution < -0.4 is 5.32 Å². The summed E-state index contributed by atoms with van der Waals surface area (Å²) in [5, 5.41) is 3.26. The fourth-order valence-electron chi connectivity index (χ4n) is 2.55. The normalized spacial score (nSPS) is 20.9. The van der Waals surface area contributed by atoms with Crippen LogP contribution in [0.15, 0.2) is 24.5 Å². The van der Waals surface area contributed by atoms with Gasteiger partial charge in [-0.25, -0.2) is 4.98 Å². The van der Waals surface area contributed by atoms with E-state index in [-0.39, 0.29) is 5.92 Å². The topological polar surface area (TPSA) is 29.3 Å². The van der Waals surface area contributed by atoms with Gasteiger partial charge in [0.25, 0.3) is 0 Å². The number of imidazole rings is 1. The average Bonchev–Trinajstić information content (AvgIpc) is 2.81. The van der Waals surface area contributed by atoms with Gasteiger partial charge in [0.15, 0.2) is 0 Å². The molecular formula is C13H14F3N3. The molecule has 1 saturated heterocycles. The van der Waals surface area contributed by atoms with Gasteiger partial charge in [-0.15, -0.1) is 0 Å². The molecule has 1 aliphatic heterocycles. The predicted octanol–water partition coefficient (Wildman–Crippen LogP) is 2.82. The summed E-state index contributed by atoms with van der Waals surface area (Å²) in [5.41, 5.74) is 0.0663. The molecule has 0 amide bonds. The Kier molecular flexibility index (Phi) is 2.97. The van der Waals surface area contributed by atoms with Crippen molar-refractivity contribution >= 4 is 5.52 Å². The highest BCUT2D eigenvalue weighted by Gasteiger charge is 2.31. The molecule has 0 bridgehead atoms. The Labute approximate surface area is 108 Å². The summed E-state index contributed by atoms with van der Waals surface area (Å²) in [6.45, 7) is 1.74. The molecule has 3 nitrogen and oxygen atoms in total. The first-order valence-electron chi connectivity index (χ1n) is 6.30. The zero-order chi connectivity index (χ0) is 13.5. The molecule has 0 saturated carbocycles. The Bertz CT molecular complexity index is 582. The highest BCUT2D eigenvalue weighted by atomic mass is 19.4. The second-order valence-corrected chi connectivity index (χ2v) is 4.87. The van der Waals surface area contributed by atoms with Crippen LogP contribution >= 0.6 is 0 Å². The summed E-state index contributed by atoms with van der Waals surface area (Å²) in [6, 6.07) is 2.56. The van der Waals surface area contributed by atoms with Crippen molar-refractivity contribution in [3.8, 4) is 0 Å². The molecule has 2 aromatic heterocycles. The van der Waals surface area contributed by atoms with Crippen molar-refractivity contribution in [1.29, 1.82) is 0 Å². The lowest BCUT2D eigenvalue weighted by Crippen LogP contribution is -2.29. The standard InChI is InChI=1S/C13H14F3N3/c14-13(15,16)10-3-4-11-7-18-12(19(11)8-10)9-2-1-5-17-6-9/h3-4,7-9,17H,1-2,5-6H2. The molecular weight excluding hydrogens is 255 g/mol. The van der Waals surface area contributed by atoms with Crippen LogP contribution in [0.2, 0.25) is 0 Å². The van der Waals surface area contributed by atoms with Crippen LogP contribution in [0.1, 0.15) is 30.1 Å². The molecule has 2 aromatic rings. The summed E-state index contributed by atoms with van der Waals surface area (Å²) in [6.07, 6.45) is 0.442. The van der Waals surface area contributed by atoms with Crippen LogP contribution in [0, 0.1) is 0 Å². The summed E-state index contributed by atoms with van der Waals surface area (Å²) in [4.78, 5) is 4.30. The zero-order valence-corrected chi connectivity index (χ0v) is 10.2. The van der Waals surface area contributed by atoms with Gasteiger partial charge in [0.05, 0.1) is 17.3 Å². The van der Waals surface area contributed by atoms with E-state index in [1.54, 1.807) is 10.6 Å². The Balaban J connectivity index is 2.05. The number of nitrogens with zero attached hydrogens (tertiary/aromatic N) is 2. The first-order chi connectivity index (χ1) is 9.05. The Morgan fingerprint density at radius 1 is 1.32 bits per heavy atom. The number of piperidine rings is 1. The van der Waals surface area contributed by atoms with Gasteiger partial charge in [-0.1, -0.05) is 0 Å². The van der Waals surface area contributed by atoms with Crippen molar-refractivity contribution < 1.29 is 13.2 Å². The lowest BCUT2D eigenvalue weighted by atomic mass is 9.99. The quantitative estimate of drug-likeness (QED) is 0.862. The van der Waals surface area contributed by atoms with Gasteiger partial charge in [-0.3, -0.25) is 0 Å². The smallest absolute Gasteiger partial charge is 0.316 e. The second-order valence-electron chi connectivity index (χ2n) is 4.87. The molecule has 3 rings (SSSR count). The first-order valence-corrected chi connectivity index (χ1v) is 6.30. The fraction of sp³-hybridized carbons (Fsp3) is 0.462. The third-order valence-electron chi connectivity index (χ3n) is 3.55. The molecule has 1 N–H and O–H groups in total. The second kappa shape index (κ2) is 4.52. The van der Waals surface area contributed by atoms with Crippen LogP contribution in [-0.4, -0.2) is 22.5 Å². The molecule has 0 radical (unpaired) electrons. The lowest BCUT2D eigenvalue weighted by Gasteiger charge is -2.22. The summed E-state index contributed by atoms with van der Waals surface area (Å²) in [5.74, 6) is 0.896. The van der Waals surface area contributed by atoms with Crippen molar-refractivity contribution in [1.82, 2.24) is 14.7 Å². The maximum atomic E-state index is 12.7. The number of fused-ring (bicyclic) bond motifs is 1. The van der Waals surface area contributed by atoms with Gasteiger partial charge in [0.2, 0.25) is 0 Å². The highest BCUT2D eigenvalue weighted by Crippen LogP contribution is 2.31. The molecule has 1 unspecified atom stereocenters. The Morgan fingerprint density at radius 3 is 2.84 bits per heavy atom. The Hall–Kier alpha value is -1.56. The minimum Gasteiger partial charge on any atom is -0.316 e. The zero-order valence-electron chi connectivity index (χ0n) is 10.2. The van der Waals surface area contributed by atoms with E-state index in [4.69, 9.17) is 0 Å². The van der Waals surface area contributed by atoms with Gasteiger partial charge in [-0.2, -0.15) is 13.2 Å². The Morgan fingerprint density at radius 2 is 2.16 bits per heavy atom. The fourth-order valence-corrected chi connectivity index (χ4v) is 2.55. The number of rotatable bonds is 1. The van der Waals surface area contributed by atoms with Crippen LogP contribution in [-0.2, 0) is 6.18 Å². The SMILES string of the molecule is FC(F)(F)c1ccc2cnc(C3CCCNC3)n2c1. The van der Waals surface area contributed by atoms with E-state index in [2.05, 4.69) is 10.3 Å². The van der Waals surface area contributed by atoms with E-state index in [0.717, 1.165) is 38.2 Å². The van der Waals surface area contributed by atoms with E-state index in [1.807, 2.05) is 0 Å². The van der Waals surface area contributed by atoms with E-state index in [9.17, 15) is 13.2 Å². The van der Waals surface area contributed by atoms with Gasteiger partial charge in [0.1, 0.15) is 5.82 Å². The average molecular weight is 269 g/mol. The number of pyridine rings is 1. The maximum absolute atomic E-state index is 12.7. The molecule has 1 fully saturated rings. The minimum atomic E-state index is -4.32. The van der Waals surface area contributed by atoms with E-state index in [0.29, 0.717) is 11.3 Å². The monoisotopic (exact) mass is 269 g/mol. The molecule has 19 heavy (non-hydrogen) atoms. The van der Waals surface area contributed by atoms with E-state index < -0.39 is 11.7 Å². The number of halogens is 3. The summed E-state index contributed by atoms with van der Waals surface area (Å²) < 4.78 is 39.8. The van der Waals surface area contributed by atoms with Crippen molar-refractivity contribution in [2.75, 3.05) is 13.1 Å². The molecule has 1 atom stereocenters. The number of aromatic nitrogens is 2. The van der Waals surface area contributed by atoms with Gasteiger partial charge >= 0.3 is 6.18 Å². The van der Waals surface area contributed by atoms with Gasteiger partial charge in [0, 0.05) is 18.7 Å². The van der Waals surface area contributed by atoms with Crippen molar-refractivity contribution in [2.24, 2.45) is 0 Å². The molecule has 0 spiro atoms. The molecule has 3 heterocycles. The largest absolute Gasteiger partial charge is 0.417 e.